The molecule has 1 aromatic rings. The van der Waals surface area contributed by atoms with Crippen LogP contribution in [0.25, 0.3) is 0 Å². The second-order valence-electron chi connectivity index (χ2n) is 4.77. The van der Waals surface area contributed by atoms with Crippen LogP contribution in [0.15, 0.2) is 24.3 Å². The van der Waals surface area contributed by atoms with Crippen molar-refractivity contribution in [3.63, 3.8) is 0 Å². The molecular weight excluding hydrogens is 270 g/mol. The SMILES string of the molecule is CC1(CCC(=O)O)CN(c2ccc(Cl)cc2)C(=O)O1. The van der Waals surface area contributed by atoms with Crippen molar-refractivity contribution < 1.29 is 19.4 Å². The molecule has 5 nitrogen and oxygen atoms in total. The Balaban J connectivity index is 2.10. The first-order valence-corrected chi connectivity index (χ1v) is 6.25. The highest BCUT2D eigenvalue weighted by Gasteiger charge is 2.42. The zero-order valence-electron chi connectivity index (χ0n) is 10.4. The normalized spacial score (nSPS) is 22.4. The van der Waals surface area contributed by atoms with Crippen molar-refractivity contribution in [3.8, 4) is 0 Å². The molecule has 19 heavy (non-hydrogen) atoms. The largest absolute Gasteiger partial charge is 0.481 e. The van der Waals surface area contributed by atoms with E-state index in [1.54, 1.807) is 31.2 Å². The van der Waals surface area contributed by atoms with E-state index in [0.717, 1.165) is 0 Å². The van der Waals surface area contributed by atoms with Crippen molar-refractivity contribution in [2.24, 2.45) is 0 Å². The second kappa shape index (κ2) is 5.09. The Morgan fingerprint density at radius 2 is 2.11 bits per heavy atom. The van der Waals surface area contributed by atoms with E-state index in [9.17, 15) is 9.59 Å². The number of cyclic esters (lactones) is 1. The summed E-state index contributed by atoms with van der Waals surface area (Å²) in [6.45, 7) is 2.07. The topological polar surface area (TPSA) is 66.8 Å². The molecule has 0 saturated carbocycles. The lowest BCUT2D eigenvalue weighted by Crippen LogP contribution is -2.31. The second-order valence-corrected chi connectivity index (χ2v) is 5.21. The molecule has 1 saturated heterocycles. The molecular formula is C13H14ClNO4. The molecule has 0 aromatic heterocycles. The Morgan fingerprint density at radius 1 is 1.47 bits per heavy atom. The van der Waals surface area contributed by atoms with Crippen molar-refractivity contribution in [3.05, 3.63) is 29.3 Å². The van der Waals surface area contributed by atoms with Crippen LogP contribution in [0.4, 0.5) is 10.5 Å². The first kappa shape index (κ1) is 13.7. The van der Waals surface area contributed by atoms with E-state index < -0.39 is 17.7 Å². The number of ether oxygens (including phenoxy) is 1. The molecule has 1 amide bonds. The Morgan fingerprint density at radius 3 is 2.68 bits per heavy atom. The maximum absolute atomic E-state index is 11.8. The van der Waals surface area contributed by atoms with Crippen molar-refractivity contribution >= 4 is 29.4 Å². The predicted molar refractivity (Wildman–Crippen MR) is 70.6 cm³/mol. The Hall–Kier alpha value is -1.75. The molecule has 2 rings (SSSR count). The van der Waals surface area contributed by atoms with E-state index in [-0.39, 0.29) is 12.8 Å². The molecule has 1 unspecified atom stereocenters. The van der Waals surface area contributed by atoms with E-state index in [1.165, 1.54) is 4.90 Å². The van der Waals surface area contributed by atoms with Gasteiger partial charge in [0.05, 0.1) is 6.54 Å². The molecule has 0 bridgehead atoms. The van der Waals surface area contributed by atoms with Gasteiger partial charge in [-0.05, 0) is 37.6 Å². The summed E-state index contributed by atoms with van der Waals surface area (Å²) < 4.78 is 5.29. The first-order valence-electron chi connectivity index (χ1n) is 5.87. The average Bonchev–Trinajstić information content (AvgIpc) is 2.64. The highest BCUT2D eigenvalue weighted by Crippen LogP contribution is 2.31. The molecule has 1 heterocycles. The number of carboxylic acid groups (broad SMARTS) is 1. The number of hydrogen-bond donors (Lipinski definition) is 1. The number of aliphatic carboxylic acids is 1. The smallest absolute Gasteiger partial charge is 0.415 e. The fourth-order valence-electron chi connectivity index (χ4n) is 2.02. The number of carbonyl (C=O) groups is 2. The third kappa shape index (κ3) is 3.17. The molecule has 102 valence electrons. The quantitative estimate of drug-likeness (QED) is 0.922. The minimum atomic E-state index is -0.901. The fourth-order valence-corrected chi connectivity index (χ4v) is 2.14. The van der Waals surface area contributed by atoms with Gasteiger partial charge in [-0.15, -0.1) is 0 Å². The summed E-state index contributed by atoms with van der Waals surface area (Å²) in [6.07, 6.45) is -0.202. The number of amides is 1. The van der Waals surface area contributed by atoms with Crippen LogP contribution in [0.3, 0.4) is 0 Å². The highest BCUT2D eigenvalue weighted by molar-refractivity contribution is 6.30. The monoisotopic (exact) mass is 283 g/mol. The van der Waals surface area contributed by atoms with Crippen LogP contribution in [-0.2, 0) is 9.53 Å². The summed E-state index contributed by atoms with van der Waals surface area (Å²) in [5.41, 5.74) is -0.0804. The number of carbonyl (C=O) groups excluding carboxylic acids is 1. The number of anilines is 1. The van der Waals surface area contributed by atoms with Gasteiger partial charge in [0.2, 0.25) is 0 Å². The summed E-state index contributed by atoms with van der Waals surface area (Å²) >= 11 is 5.80. The molecule has 1 aliphatic heterocycles. The fraction of sp³-hybridized carbons (Fsp3) is 0.385. The van der Waals surface area contributed by atoms with E-state index in [2.05, 4.69) is 0 Å². The van der Waals surface area contributed by atoms with E-state index in [0.29, 0.717) is 17.3 Å². The van der Waals surface area contributed by atoms with Crippen molar-refractivity contribution in [2.75, 3.05) is 11.4 Å². The number of carboxylic acids is 1. The third-order valence-corrected chi connectivity index (χ3v) is 3.30. The van der Waals surface area contributed by atoms with Gasteiger partial charge >= 0.3 is 12.1 Å². The molecule has 1 fully saturated rings. The molecule has 1 atom stereocenters. The van der Waals surface area contributed by atoms with Crippen LogP contribution in [0.2, 0.25) is 5.02 Å². The predicted octanol–water partition coefficient (Wildman–Crippen LogP) is 2.92. The van der Waals surface area contributed by atoms with Crippen LogP contribution >= 0.6 is 11.6 Å². The maximum atomic E-state index is 11.8. The zero-order valence-corrected chi connectivity index (χ0v) is 11.2. The van der Waals surface area contributed by atoms with Gasteiger partial charge in [-0.3, -0.25) is 9.69 Å². The standard InChI is InChI=1S/C13H14ClNO4/c1-13(7-6-11(16)17)8-15(12(18)19-13)10-4-2-9(14)3-5-10/h2-5H,6-8H2,1H3,(H,16,17). The van der Waals surface area contributed by atoms with Crippen LogP contribution < -0.4 is 4.90 Å². The van der Waals surface area contributed by atoms with Crippen molar-refractivity contribution in [2.45, 2.75) is 25.4 Å². The van der Waals surface area contributed by atoms with Gasteiger partial charge in [-0.2, -0.15) is 0 Å². The van der Waals surface area contributed by atoms with Gasteiger partial charge in [0, 0.05) is 17.1 Å². The number of nitrogens with zero attached hydrogens (tertiary/aromatic N) is 1. The number of rotatable bonds is 4. The number of hydrogen-bond acceptors (Lipinski definition) is 3. The lowest BCUT2D eigenvalue weighted by Gasteiger charge is -2.20. The molecule has 0 aliphatic carbocycles. The van der Waals surface area contributed by atoms with E-state index in [1.807, 2.05) is 0 Å². The molecule has 0 spiro atoms. The summed E-state index contributed by atoms with van der Waals surface area (Å²) in [4.78, 5) is 23.9. The van der Waals surface area contributed by atoms with Crippen LogP contribution in [-0.4, -0.2) is 29.3 Å². The van der Waals surface area contributed by atoms with E-state index >= 15 is 0 Å². The third-order valence-electron chi connectivity index (χ3n) is 3.05. The maximum Gasteiger partial charge on any atom is 0.415 e. The van der Waals surface area contributed by atoms with Crippen LogP contribution in [0.5, 0.6) is 0 Å². The van der Waals surface area contributed by atoms with Gasteiger partial charge in [0.15, 0.2) is 0 Å². The average molecular weight is 284 g/mol. The minimum absolute atomic E-state index is 0.0295. The molecule has 1 aromatic carbocycles. The van der Waals surface area contributed by atoms with Gasteiger partial charge in [0.1, 0.15) is 5.60 Å². The van der Waals surface area contributed by atoms with Crippen molar-refractivity contribution in [1.82, 2.24) is 0 Å². The molecule has 1 N–H and O–H groups in total. The molecule has 0 radical (unpaired) electrons. The van der Waals surface area contributed by atoms with Gasteiger partial charge < -0.3 is 9.84 Å². The highest BCUT2D eigenvalue weighted by atomic mass is 35.5. The summed E-state index contributed by atoms with van der Waals surface area (Å²) in [5.74, 6) is -0.901. The van der Waals surface area contributed by atoms with Crippen LogP contribution in [0, 0.1) is 0 Å². The lowest BCUT2D eigenvalue weighted by atomic mass is 10.00. The summed E-state index contributed by atoms with van der Waals surface area (Å²) in [6, 6.07) is 6.84. The number of benzene rings is 1. The van der Waals surface area contributed by atoms with Gasteiger partial charge in [-0.25, -0.2) is 4.79 Å². The zero-order chi connectivity index (χ0) is 14.0. The lowest BCUT2D eigenvalue weighted by molar-refractivity contribution is -0.138. The van der Waals surface area contributed by atoms with Gasteiger partial charge in [0.25, 0.3) is 0 Å². The molecule has 6 heteroatoms. The number of halogens is 1. The summed E-state index contributed by atoms with van der Waals surface area (Å²) in [5, 5.41) is 9.29. The first-order chi connectivity index (χ1) is 8.89. The Kier molecular flexibility index (Phi) is 3.66. The summed E-state index contributed by atoms with van der Waals surface area (Å²) in [7, 11) is 0. The van der Waals surface area contributed by atoms with E-state index in [4.69, 9.17) is 21.4 Å². The van der Waals surface area contributed by atoms with Crippen molar-refractivity contribution in [1.29, 1.82) is 0 Å². The minimum Gasteiger partial charge on any atom is -0.481 e. The van der Waals surface area contributed by atoms with Gasteiger partial charge in [-0.1, -0.05) is 11.6 Å². The Labute approximate surface area is 115 Å². The molecule has 1 aliphatic rings. The Bertz CT molecular complexity index is 502. The van der Waals surface area contributed by atoms with Crippen LogP contribution in [0.1, 0.15) is 19.8 Å².